The molecule has 0 amide bonds. The van der Waals surface area contributed by atoms with Gasteiger partial charge in [-0.1, -0.05) is 30.3 Å². The van der Waals surface area contributed by atoms with E-state index in [1.807, 2.05) is 30.3 Å². The van der Waals surface area contributed by atoms with Gasteiger partial charge in [-0.15, -0.1) is 5.10 Å². The zero-order chi connectivity index (χ0) is 14.8. The second-order valence-electron chi connectivity index (χ2n) is 4.77. The van der Waals surface area contributed by atoms with E-state index in [0.717, 1.165) is 5.56 Å². The molecule has 1 unspecified atom stereocenters. The van der Waals surface area contributed by atoms with Crippen LogP contribution in [0, 0.1) is 10.1 Å². The van der Waals surface area contributed by atoms with E-state index in [9.17, 15) is 15.2 Å². The van der Waals surface area contributed by atoms with Gasteiger partial charge in [-0.3, -0.25) is 14.8 Å². The number of anilines is 1. The predicted octanol–water partition coefficient (Wildman–Crippen LogP) is 1.65. The van der Waals surface area contributed by atoms with Gasteiger partial charge in [0.1, 0.15) is 6.20 Å². The average molecular weight is 276 g/mol. The van der Waals surface area contributed by atoms with Crippen molar-refractivity contribution < 1.29 is 10.0 Å². The zero-order valence-corrected chi connectivity index (χ0v) is 11.3. The Hall–Kier alpha value is -2.41. The molecule has 0 spiro atoms. The molecule has 2 N–H and O–H groups in total. The normalized spacial score (nSPS) is 13.8. The second-order valence-corrected chi connectivity index (χ2v) is 4.77. The van der Waals surface area contributed by atoms with Crippen LogP contribution >= 0.6 is 0 Å². The zero-order valence-electron chi connectivity index (χ0n) is 11.3. The van der Waals surface area contributed by atoms with E-state index in [4.69, 9.17) is 0 Å². The van der Waals surface area contributed by atoms with Gasteiger partial charge in [0.25, 0.3) is 0 Å². The van der Waals surface area contributed by atoms with Crippen LogP contribution in [0.5, 0.6) is 0 Å². The Morgan fingerprint density at radius 1 is 1.45 bits per heavy atom. The molecular weight excluding hydrogens is 260 g/mol. The number of hydrogen-bond donors (Lipinski definition) is 2. The number of hydrogen-bond acceptors (Lipinski definition) is 5. The summed E-state index contributed by atoms with van der Waals surface area (Å²) in [5.74, 6) is 0.137. The minimum Gasteiger partial charge on any atom is -0.394 e. The second kappa shape index (κ2) is 5.30. The van der Waals surface area contributed by atoms with E-state index in [-0.39, 0.29) is 18.1 Å². The molecule has 7 nitrogen and oxygen atoms in total. The highest BCUT2D eigenvalue weighted by atomic mass is 16.6. The van der Waals surface area contributed by atoms with Gasteiger partial charge < -0.3 is 10.4 Å². The van der Waals surface area contributed by atoms with Crippen LogP contribution in [-0.2, 0) is 12.6 Å². The van der Waals surface area contributed by atoms with Crippen molar-refractivity contribution in [1.82, 2.24) is 9.78 Å². The fraction of sp³-hybridized carbons (Fsp3) is 0.308. The van der Waals surface area contributed by atoms with Crippen molar-refractivity contribution in [2.75, 3.05) is 11.9 Å². The Morgan fingerprint density at radius 3 is 2.65 bits per heavy atom. The first kappa shape index (κ1) is 14.0. The van der Waals surface area contributed by atoms with Gasteiger partial charge in [-0.2, -0.15) is 0 Å². The molecule has 1 aromatic heterocycles. The van der Waals surface area contributed by atoms with Crippen LogP contribution in [-0.4, -0.2) is 26.4 Å². The fourth-order valence-electron chi connectivity index (χ4n) is 1.97. The number of nitro groups is 1. The van der Waals surface area contributed by atoms with Gasteiger partial charge in [-0.05, 0) is 12.5 Å². The Balaban J connectivity index is 2.38. The fourth-order valence-corrected chi connectivity index (χ4v) is 1.97. The van der Waals surface area contributed by atoms with Crippen LogP contribution in [0.25, 0.3) is 0 Å². The Bertz CT molecular complexity index is 611. The van der Waals surface area contributed by atoms with Crippen LogP contribution in [0.4, 0.5) is 11.5 Å². The molecule has 0 bridgehead atoms. The maximum Gasteiger partial charge on any atom is 0.330 e. The number of aromatic nitrogens is 2. The summed E-state index contributed by atoms with van der Waals surface area (Å²) >= 11 is 0. The van der Waals surface area contributed by atoms with Gasteiger partial charge in [-0.25, -0.2) is 0 Å². The Labute approximate surface area is 116 Å². The summed E-state index contributed by atoms with van der Waals surface area (Å²) in [6, 6.07) is 9.25. The first-order valence-electron chi connectivity index (χ1n) is 6.09. The number of rotatable bonds is 5. The molecule has 0 saturated carbocycles. The van der Waals surface area contributed by atoms with Crippen LogP contribution in [0.2, 0.25) is 0 Å². The molecule has 7 heteroatoms. The number of nitrogens with one attached hydrogen (secondary N) is 1. The molecule has 1 heterocycles. The highest BCUT2D eigenvalue weighted by molar-refractivity contribution is 5.57. The van der Waals surface area contributed by atoms with E-state index in [1.165, 1.54) is 10.9 Å². The largest absolute Gasteiger partial charge is 0.394 e. The SMILES string of the molecule is Cn1cc([N+](=O)[O-])c(NC(C)(CO)c2ccccc2)n1. The van der Waals surface area contributed by atoms with E-state index < -0.39 is 10.5 Å². The van der Waals surface area contributed by atoms with Crippen molar-refractivity contribution >= 4 is 11.5 Å². The van der Waals surface area contributed by atoms with Crippen molar-refractivity contribution in [3.63, 3.8) is 0 Å². The summed E-state index contributed by atoms with van der Waals surface area (Å²) < 4.78 is 1.36. The van der Waals surface area contributed by atoms with E-state index in [1.54, 1.807) is 14.0 Å². The first-order valence-corrected chi connectivity index (χ1v) is 6.09. The van der Waals surface area contributed by atoms with Crippen molar-refractivity contribution in [2.45, 2.75) is 12.5 Å². The van der Waals surface area contributed by atoms with Gasteiger partial charge >= 0.3 is 5.69 Å². The van der Waals surface area contributed by atoms with Gasteiger partial charge in [0.15, 0.2) is 0 Å². The molecule has 2 aromatic rings. The van der Waals surface area contributed by atoms with Crippen molar-refractivity contribution in [2.24, 2.45) is 7.05 Å². The summed E-state index contributed by atoms with van der Waals surface area (Å²) in [5, 5.41) is 27.7. The number of aliphatic hydroxyl groups is 1. The lowest BCUT2D eigenvalue weighted by Crippen LogP contribution is -2.36. The molecule has 1 atom stereocenters. The van der Waals surface area contributed by atoms with Crippen LogP contribution in [0.3, 0.4) is 0 Å². The molecule has 2 rings (SSSR count). The minimum absolute atomic E-state index is 0.122. The third-order valence-corrected chi connectivity index (χ3v) is 3.13. The molecule has 1 aromatic carbocycles. The molecular formula is C13H16N4O3. The number of benzene rings is 1. The highest BCUT2D eigenvalue weighted by Crippen LogP contribution is 2.30. The van der Waals surface area contributed by atoms with Crippen LogP contribution in [0.1, 0.15) is 12.5 Å². The molecule has 0 aliphatic rings. The molecule has 0 radical (unpaired) electrons. The first-order chi connectivity index (χ1) is 9.46. The van der Waals surface area contributed by atoms with Crippen molar-refractivity contribution in [3.05, 3.63) is 52.2 Å². The summed E-state index contributed by atoms with van der Waals surface area (Å²) in [5.41, 5.74) is -0.147. The van der Waals surface area contributed by atoms with E-state index >= 15 is 0 Å². The molecule has 0 aliphatic carbocycles. The molecule has 20 heavy (non-hydrogen) atoms. The van der Waals surface area contributed by atoms with E-state index in [2.05, 4.69) is 10.4 Å². The standard InChI is InChI=1S/C13H16N4O3/c1-13(9-18,10-6-4-3-5-7-10)14-12-11(17(19)20)8-16(2)15-12/h3-8,18H,9H2,1-2H3,(H,14,15). The molecule has 0 fully saturated rings. The van der Waals surface area contributed by atoms with Crippen molar-refractivity contribution in [1.29, 1.82) is 0 Å². The lowest BCUT2D eigenvalue weighted by Gasteiger charge is -2.29. The molecule has 106 valence electrons. The highest BCUT2D eigenvalue weighted by Gasteiger charge is 2.30. The average Bonchev–Trinajstić information content (AvgIpc) is 2.80. The maximum absolute atomic E-state index is 11.0. The molecule has 0 saturated heterocycles. The number of aryl methyl sites for hydroxylation is 1. The quantitative estimate of drug-likeness (QED) is 0.639. The predicted molar refractivity (Wildman–Crippen MR) is 74.4 cm³/mol. The monoisotopic (exact) mass is 276 g/mol. The Morgan fingerprint density at radius 2 is 2.10 bits per heavy atom. The lowest BCUT2D eigenvalue weighted by atomic mass is 9.93. The van der Waals surface area contributed by atoms with Gasteiger partial charge in [0.05, 0.1) is 17.1 Å². The van der Waals surface area contributed by atoms with Crippen LogP contribution in [0.15, 0.2) is 36.5 Å². The minimum atomic E-state index is -0.847. The molecule has 0 aliphatic heterocycles. The lowest BCUT2D eigenvalue weighted by molar-refractivity contribution is -0.384. The number of aliphatic hydroxyl groups excluding tert-OH is 1. The third-order valence-electron chi connectivity index (χ3n) is 3.13. The summed E-state index contributed by atoms with van der Waals surface area (Å²) in [6.45, 7) is 1.55. The maximum atomic E-state index is 11.0. The number of nitrogens with zero attached hydrogens (tertiary/aromatic N) is 3. The summed E-state index contributed by atoms with van der Waals surface area (Å²) in [7, 11) is 1.61. The summed E-state index contributed by atoms with van der Waals surface area (Å²) in [4.78, 5) is 10.5. The summed E-state index contributed by atoms with van der Waals surface area (Å²) in [6.07, 6.45) is 1.32. The van der Waals surface area contributed by atoms with E-state index in [0.29, 0.717) is 0 Å². The topological polar surface area (TPSA) is 93.2 Å². The van der Waals surface area contributed by atoms with Gasteiger partial charge in [0.2, 0.25) is 5.82 Å². The van der Waals surface area contributed by atoms with Crippen LogP contribution < -0.4 is 5.32 Å². The third kappa shape index (κ3) is 2.62. The van der Waals surface area contributed by atoms with Gasteiger partial charge in [0, 0.05) is 7.05 Å². The van der Waals surface area contributed by atoms with Crippen molar-refractivity contribution in [3.8, 4) is 0 Å². The smallest absolute Gasteiger partial charge is 0.330 e. The Kier molecular flexibility index (Phi) is 3.71.